The van der Waals surface area contributed by atoms with Gasteiger partial charge in [0, 0.05) is 46.4 Å². The monoisotopic (exact) mass is 463 g/mol. The largest absolute Gasteiger partial charge is 0.384 e. The van der Waals surface area contributed by atoms with Crippen molar-refractivity contribution in [3.05, 3.63) is 83.3 Å². The van der Waals surface area contributed by atoms with Gasteiger partial charge < -0.3 is 25.8 Å². The summed E-state index contributed by atoms with van der Waals surface area (Å²) in [6, 6.07) is 14.8. The van der Waals surface area contributed by atoms with Crippen LogP contribution in [-0.4, -0.2) is 42.6 Å². The molecule has 2 aliphatic heterocycles. The van der Waals surface area contributed by atoms with Crippen LogP contribution in [0, 0.1) is 0 Å². The Bertz CT molecular complexity index is 1120. The third-order valence-electron chi connectivity index (χ3n) is 6.23. The molecule has 1 aromatic heterocycles. The van der Waals surface area contributed by atoms with Crippen LogP contribution in [0.4, 0.5) is 5.69 Å². The molecule has 33 heavy (non-hydrogen) atoms. The number of nitrogens with one attached hydrogen (secondary N) is 4. The number of fused-ring (bicyclic) bond motifs is 2. The first-order valence-corrected chi connectivity index (χ1v) is 12.0. The summed E-state index contributed by atoms with van der Waals surface area (Å²) in [5.41, 5.74) is 6.15. The first kappa shape index (κ1) is 23.3. The number of nitrogens with zero attached hydrogens (tertiary/aromatic N) is 1. The van der Waals surface area contributed by atoms with E-state index in [2.05, 4.69) is 70.3 Å². The second kappa shape index (κ2) is 10.8. The maximum atomic E-state index is 6.02. The summed E-state index contributed by atoms with van der Waals surface area (Å²) >= 11 is 6.02. The average molecular weight is 464 g/mol. The van der Waals surface area contributed by atoms with Gasteiger partial charge in [-0.05, 0) is 68.2 Å². The smallest absolute Gasteiger partial charge is 0.0918 e. The number of aromatic nitrogens is 1. The van der Waals surface area contributed by atoms with Crippen molar-refractivity contribution >= 4 is 34.3 Å². The summed E-state index contributed by atoms with van der Waals surface area (Å²) in [4.78, 5) is 5.75. The van der Waals surface area contributed by atoms with Crippen LogP contribution in [0.1, 0.15) is 29.7 Å². The van der Waals surface area contributed by atoms with Gasteiger partial charge in [0.05, 0.1) is 12.4 Å². The molecule has 0 radical (unpaired) electrons. The highest BCUT2D eigenvalue weighted by molar-refractivity contribution is 6.31. The minimum Gasteiger partial charge on any atom is -0.384 e. The number of piperidine rings is 1. The Hall–Kier alpha value is -2.89. The van der Waals surface area contributed by atoms with E-state index in [1.165, 1.54) is 36.2 Å². The fourth-order valence-electron chi connectivity index (χ4n) is 4.58. The van der Waals surface area contributed by atoms with Gasteiger partial charge in [-0.3, -0.25) is 0 Å². The summed E-state index contributed by atoms with van der Waals surface area (Å²) < 4.78 is 0. The number of likely N-dealkylation sites (N-methyl/N-ethyl adjacent to an activating group) is 1. The highest BCUT2D eigenvalue weighted by Gasteiger charge is 2.17. The molecule has 0 bridgehead atoms. The van der Waals surface area contributed by atoms with Crippen LogP contribution in [0.3, 0.4) is 0 Å². The third-order valence-corrected chi connectivity index (χ3v) is 6.47. The van der Waals surface area contributed by atoms with Crippen LogP contribution in [0.15, 0.2) is 61.4 Å². The molecule has 0 saturated carbocycles. The quantitative estimate of drug-likeness (QED) is 0.397. The van der Waals surface area contributed by atoms with Crippen LogP contribution in [0.2, 0.25) is 5.02 Å². The van der Waals surface area contributed by atoms with Gasteiger partial charge in [0.1, 0.15) is 0 Å². The number of aromatic amines is 1. The number of likely N-dealkylation sites (tertiary alicyclic amines) is 1. The van der Waals surface area contributed by atoms with E-state index in [9.17, 15) is 0 Å². The standard InChI is InChI=1S/C17H23ClN4.C10H11N/c1-12(20-15-4-3-7-22(2)11-15)19-10-16-9-13-8-14(18)5-6-17(13)21-16;1-2-8-4-3-5-9-6-7-11-10(8)9/h5-6,8-9,15,19-21H,1,3-4,7,10-11H2,2H3;2-5,11H,1,6-7H2. The van der Waals surface area contributed by atoms with Crippen molar-refractivity contribution < 1.29 is 0 Å². The van der Waals surface area contributed by atoms with Gasteiger partial charge in [-0.1, -0.05) is 49.0 Å². The molecule has 5 rings (SSSR count). The molecule has 4 N–H and O–H groups in total. The van der Waals surface area contributed by atoms with Crippen molar-refractivity contribution in [2.75, 3.05) is 32.0 Å². The van der Waals surface area contributed by atoms with Crippen LogP contribution < -0.4 is 16.0 Å². The predicted octanol–water partition coefficient (Wildman–Crippen LogP) is 5.36. The van der Waals surface area contributed by atoms with Gasteiger partial charge in [-0.2, -0.15) is 0 Å². The lowest BCUT2D eigenvalue weighted by Gasteiger charge is -2.31. The molecule has 6 heteroatoms. The number of anilines is 1. The molecule has 174 valence electrons. The van der Waals surface area contributed by atoms with Crippen molar-refractivity contribution in [2.45, 2.75) is 31.8 Å². The Labute approximate surface area is 201 Å². The SMILES string of the molecule is C=C(NCc1cc2cc(Cl)ccc2[nH]1)NC1CCCN(C)C1.C=Cc1cccc2c1NCC2. The molecular weight excluding hydrogens is 430 g/mol. The Balaban J connectivity index is 0.000000196. The van der Waals surface area contributed by atoms with Gasteiger partial charge in [0.2, 0.25) is 0 Å². The predicted molar refractivity (Wildman–Crippen MR) is 142 cm³/mol. The zero-order valence-corrected chi connectivity index (χ0v) is 20.1. The summed E-state index contributed by atoms with van der Waals surface area (Å²) in [5, 5.41) is 12.1. The highest BCUT2D eigenvalue weighted by Crippen LogP contribution is 2.26. The number of hydrogen-bond donors (Lipinski definition) is 4. The molecule has 1 fully saturated rings. The third kappa shape index (κ3) is 6.12. The summed E-state index contributed by atoms with van der Waals surface area (Å²) in [7, 11) is 2.17. The first-order valence-electron chi connectivity index (χ1n) is 11.6. The van der Waals surface area contributed by atoms with Gasteiger partial charge >= 0.3 is 0 Å². The maximum Gasteiger partial charge on any atom is 0.0918 e. The number of benzene rings is 2. The van der Waals surface area contributed by atoms with Crippen molar-refractivity contribution in [1.82, 2.24) is 20.5 Å². The Morgan fingerprint density at radius 1 is 1.27 bits per heavy atom. The molecule has 1 unspecified atom stereocenters. The molecule has 1 saturated heterocycles. The summed E-state index contributed by atoms with van der Waals surface area (Å²) in [5.74, 6) is 0.886. The highest BCUT2D eigenvalue weighted by atomic mass is 35.5. The molecule has 5 nitrogen and oxygen atoms in total. The van der Waals surface area contributed by atoms with Crippen LogP contribution in [0.5, 0.6) is 0 Å². The van der Waals surface area contributed by atoms with E-state index in [-0.39, 0.29) is 0 Å². The van der Waals surface area contributed by atoms with Gasteiger partial charge in [-0.25, -0.2) is 0 Å². The maximum absolute atomic E-state index is 6.02. The lowest BCUT2D eigenvalue weighted by Crippen LogP contribution is -2.45. The second-order valence-corrected chi connectivity index (χ2v) is 9.30. The molecule has 3 heterocycles. The molecule has 0 amide bonds. The number of para-hydroxylation sites is 1. The average Bonchev–Trinajstić information content (AvgIpc) is 3.44. The molecule has 0 spiro atoms. The number of halogens is 1. The van der Waals surface area contributed by atoms with Gasteiger partial charge in [0.15, 0.2) is 0 Å². The van der Waals surface area contributed by atoms with Crippen molar-refractivity contribution in [2.24, 2.45) is 0 Å². The first-order chi connectivity index (χ1) is 16.0. The second-order valence-electron chi connectivity index (χ2n) is 8.87. The molecular formula is C27H34ClN5. The van der Waals surface area contributed by atoms with E-state index in [1.807, 2.05) is 24.3 Å². The minimum atomic E-state index is 0.486. The number of hydrogen-bond acceptors (Lipinski definition) is 4. The fourth-order valence-corrected chi connectivity index (χ4v) is 4.76. The lowest BCUT2D eigenvalue weighted by molar-refractivity contribution is 0.233. The van der Waals surface area contributed by atoms with Crippen LogP contribution in [0.25, 0.3) is 17.0 Å². The van der Waals surface area contributed by atoms with Crippen molar-refractivity contribution in [3.63, 3.8) is 0 Å². The van der Waals surface area contributed by atoms with E-state index < -0.39 is 0 Å². The number of rotatable bonds is 6. The van der Waals surface area contributed by atoms with E-state index in [1.54, 1.807) is 0 Å². The van der Waals surface area contributed by atoms with E-state index in [0.29, 0.717) is 6.04 Å². The zero-order valence-electron chi connectivity index (χ0n) is 19.4. The Morgan fingerprint density at radius 2 is 2.15 bits per heavy atom. The van der Waals surface area contributed by atoms with E-state index in [4.69, 9.17) is 11.6 Å². The van der Waals surface area contributed by atoms with E-state index >= 15 is 0 Å². The Kier molecular flexibility index (Phi) is 7.63. The molecule has 3 aromatic rings. The van der Waals surface area contributed by atoms with Crippen molar-refractivity contribution in [1.29, 1.82) is 0 Å². The topological polar surface area (TPSA) is 55.1 Å². The molecule has 2 aliphatic rings. The summed E-state index contributed by atoms with van der Waals surface area (Å²) in [6.45, 7) is 11.9. The van der Waals surface area contributed by atoms with Crippen LogP contribution >= 0.6 is 11.6 Å². The lowest BCUT2D eigenvalue weighted by atomic mass is 10.1. The zero-order chi connectivity index (χ0) is 23.2. The van der Waals surface area contributed by atoms with Gasteiger partial charge in [-0.15, -0.1) is 0 Å². The molecule has 2 aromatic carbocycles. The van der Waals surface area contributed by atoms with Gasteiger partial charge in [0.25, 0.3) is 0 Å². The molecule has 0 aliphatic carbocycles. The van der Waals surface area contributed by atoms with E-state index in [0.717, 1.165) is 53.5 Å². The summed E-state index contributed by atoms with van der Waals surface area (Å²) in [6.07, 6.45) is 5.49. The van der Waals surface area contributed by atoms with Crippen molar-refractivity contribution in [3.8, 4) is 0 Å². The Morgan fingerprint density at radius 3 is 2.97 bits per heavy atom. The minimum absolute atomic E-state index is 0.486. The normalized spacial score (nSPS) is 17.5. The van der Waals surface area contributed by atoms with Crippen LogP contribution in [-0.2, 0) is 13.0 Å². The fraction of sp³-hybridized carbons (Fsp3) is 0.333. The molecule has 1 atom stereocenters. The number of H-pyrrole nitrogens is 1.